The van der Waals surface area contributed by atoms with E-state index < -0.39 is 23.8 Å². The summed E-state index contributed by atoms with van der Waals surface area (Å²) in [5.41, 5.74) is 0.0389. The Morgan fingerprint density at radius 1 is 0.700 bits per heavy atom. The highest BCUT2D eigenvalue weighted by molar-refractivity contribution is 6.31. The first-order valence-electron chi connectivity index (χ1n) is 8.82. The van der Waals surface area contributed by atoms with E-state index in [2.05, 4.69) is 10.6 Å². The standard InChI is InChI=1S/C20H18Cl2N2O6/c21-11-5-7-15(13(9-11)19(27)28)23-17(25)3-1-2-4-18(26)24-16-8-6-12(22)10-14(16)20(29)30/h5-10H,1-4H2,(H,23,25)(H,24,26)(H,27,28)(H,29,30). The van der Waals surface area contributed by atoms with Gasteiger partial charge in [-0.15, -0.1) is 0 Å². The van der Waals surface area contributed by atoms with Crippen molar-refractivity contribution in [3.05, 3.63) is 57.6 Å². The van der Waals surface area contributed by atoms with Gasteiger partial charge in [0.1, 0.15) is 0 Å². The van der Waals surface area contributed by atoms with Gasteiger partial charge < -0.3 is 20.8 Å². The van der Waals surface area contributed by atoms with Crippen LogP contribution in [0.4, 0.5) is 11.4 Å². The molecule has 0 fully saturated rings. The smallest absolute Gasteiger partial charge is 0.337 e. The molecule has 0 aliphatic carbocycles. The van der Waals surface area contributed by atoms with Crippen LogP contribution in [0.5, 0.6) is 0 Å². The maximum absolute atomic E-state index is 12.0. The van der Waals surface area contributed by atoms with E-state index in [0.29, 0.717) is 12.8 Å². The quantitative estimate of drug-likeness (QED) is 0.413. The predicted octanol–water partition coefficient (Wildman–Crippen LogP) is 4.53. The molecule has 0 aromatic heterocycles. The van der Waals surface area contributed by atoms with Gasteiger partial charge in [0.25, 0.3) is 0 Å². The fourth-order valence-corrected chi connectivity index (χ4v) is 2.95. The SMILES string of the molecule is O=C(CCCCC(=O)Nc1ccc(Cl)cc1C(=O)O)Nc1ccc(Cl)cc1C(=O)O. The van der Waals surface area contributed by atoms with Crippen molar-refractivity contribution in [2.45, 2.75) is 25.7 Å². The van der Waals surface area contributed by atoms with Crippen LogP contribution in [0.15, 0.2) is 36.4 Å². The molecule has 0 aliphatic rings. The first kappa shape index (κ1) is 23.2. The Morgan fingerprint density at radius 2 is 1.07 bits per heavy atom. The molecule has 0 saturated heterocycles. The van der Waals surface area contributed by atoms with Gasteiger partial charge in [-0.05, 0) is 49.2 Å². The van der Waals surface area contributed by atoms with E-state index in [9.17, 15) is 19.2 Å². The number of rotatable bonds is 9. The second-order valence-electron chi connectivity index (χ2n) is 6.29. The number of benzene rings is 2. The zero-order valence-corrected chi connectivity index (χ0v) is 17.1. The molecule has 4 N–H and O–H groups in total. The minimum Gasteiger partial charge on any atom is -0.478 e. The monoisotopic (exact) mass is 452 g/mol. The number of aromatic carboxylic acids is 2. The molecule has 0 heterocycles. The highest BCUT2D eigenvalue weighted by Crippen LogP contribution is 2.22. The van der Waals surface area contributed by atoms with Gasteiger partial charge in [-0.1, -0.05) is 23.2 Å². The fourth-order valence-electron chi connectivity index (χ4n) is 2.60. The number of carbonyl (C=O) groups excluding carboxylic acids is 2. The van der Waals surface area contributed by atoms with E-state index in [1.165, 1.54) is 36.4 Å². The number of hydrogen-bond donors (Lipinski definition) is 4. The van der Waals surface area contributed by atoms with Crippen LogP contribution in [0.2, 0.25) is 10.0 Å². The van der Waals surface area contributed by atoms with Gasteiger partial charge in [0.2, 0.25) is 11.8 Å². The lowest BCUT2D eigenvalue weighted by Crippen LogP contribution is -2.16. The summed E-state index contributed by atoms with van der Waals surface area (Å²) in [6, 6.07) is 8.23. The Morgan fingerprint density at radius 3 is 1.40 bits per heavy atom. The van der Waals surface area contributed by atoms with Crippen molar-refractivity contribution in [2.24, 2.45) is 0 Å². The van der Waals surface area contributed by atoms with Crippen molar-refractivity contribution in [3.8, 4) is 0 Å². The minimum atomic E-state index is -1.22. The number of halogens is 2. The van der Waals surface area contributed by atoms with Crippen LogP contribution < -0.4 is 10.6 Å². The van der Waals surface area contributed by atoms with Gasteiger partial charge in [0, 0.05) is 22.9 Å². The van der Waals surface area contributed by atoms with Crippen molar-refractivity contribution in [2.75, 3.05) is 10.6 Å². The third-order valence-corrected chi connectivity index (χ3v) is 4.50. The number of carbonyl (C=O) groups is 4. The van der Waals surface area contributed by atoms with Gasteiger partial charge in [0.15, 0.2) is 0 Å². The number of anilines is 2. The van der Waals surface area contributed by atoms with E-state index in [1.54, 1.807) is 0 Å². The first-order valence-corrected chi connectivity index (χ1v) is 9.58. The lowest BCUT2D eigenvalue weighted by Gasteiger charge is -2.10. The Balaban J connectivity index is 1.82. The van der Waals surface area contributed by atoms with Gasteiger partial charge in [-0.25, -0.2) is 9.59 Å². The normalized spacial score (nSPS) is 10.3. The molecule has 158 valence electrons. The zero-order valence-electron chi connectivity index (χ0n) is 15.6. The molecule has 0 unspecified atom stereocenters. The lowest BCUT2D eigenvalue weighted by atomic mass is 10.1. The molecule has 0 atom stereocenters. The summed E-state index contributed by atoms with van der Waals surface area (Å²) >= 11 is 11.5. The highest BCUT2D eigenvalue weighted by atomic mass is 35.5. The summed E-state index contributed by atoms with van der Waals surface area (Å²) in [4.78, 5) is 46.5. The highest BCUT2D eigenvalue weighted by Gasteiger charge is 2.15. The van der Waals surface area contributed by atoms with Crippen molar-refractivity contribution in [1.82, 2.24) is 0 Å². The van der Waals surface area contributed by atoms with E-state index >= 15 is 0 Å². The Labute approximate surface area is 181 Å². The first-order chi connectivity index (χ1) is 14.2. The van der Waals surface area contributed by atoms with Crippen molar-refractivity contribution >= 4 is 58.3 Å². The predicted molar refractivity (Wildman–Crippen MR) is 113 cm³/mol. The van der Waals surface area contributed by atoms with E-state index in [0.717, 1.165) is 0 Å². The average Bonchev–Trinajstić information content (AvgIpc) is 2.67. The second-order valence-corrected chi connectivity index (χ2v) is 7.17. The summed E-state index contributed by atoms with van der Waals surface area (Å²) in [5.74, 6) is -3.23. The summed E-state index contributed by atoms with van der Waals surface area (Å²) < 4.78 is 0. The summed E-state index contributed by atoms with van der Waals surface area (Å²) in [6.07, 6.45) is 0.913. The number of unbranched alkanes of at least 4 members (excludes halogenated alkanes) is 1. The van der Waals surface area contributed by atoms with Crippen LogP contribution in [-0.4, -0.2) is 34.0 Å². The maximum Gasteiger partial charge on any atom is 0.337 e. The molecule has 0 bridgehead atoms. The van der Waals surface area contributed by atoms with Crippen molar-refractivity contribution in [3.63, 3.8) is 0 Å². The maximum atomic E-state index is 12.0. The zero-order chi connectivity index (χ0) is 22.3. The Bertz CT molecular complexity index is 914. The van der Waals surface area contributed by atoms with Crippen LogP contribution in [0.25, 0.3) is 0 Å². The number of hydrogen-bond acceptors (Lipinski definition) is 4. The van der Waals surface area contributed by atoms with Crippen molar-refractivity contribution < 1.29 is 29.4 Å². The molecular weight excluding hydrogens is 435 g/mol. The molecule has 0 radical (unpaired) electrons. The lowest BCUT2D eigenvalue weighted by molar-refractivity contribution is -0.118. The van der Waals surface area contributed by atoms with Crippen LogP contribution >= 0.6 is 23.2 Å². The van der Waals surface area contributed by atoms with Crippen LogP contribution in [0, 0.1) is 0 Å². The van der Waals surface area contributed by atoms with E-state index in [-0.39, 0.29) is 45.4 Å². The second kappa shape index (κ2) is 10.6. The number of carboxylic acids is 2. The molecule has 0 spiro atoms. The molecule has 0 aliphatic heterocycles. The molecule has 2 amide bonds. The molecule has 2 rings (SSSR count). The largest absolute Gasteiger partial charge is 0.478 e. The van der Waals surface area contributed by atoms with Gasteiger partial charge >= 0.3 is 11.9 Å². The van der Waals surface area contributed by atoms with Gasteiger partial charge in [0.05, 0.1) is 22.5 Å². The van der Waals surface area contributed by atoms with Crippen LogP contribution in [-0.2, 0) is 9.59 Å². The van der Waals surface area contributed by atoms with E-state index in [4.69, 9.17) is 33.4 Å². The molecule has 10 heteroatoms. The van der Waals surface area contributed by atoms with Crippen LogP contribution in [0.1, 0.15) is 46.4 Å². The summed E-state index contributed by atoms with van der Waals surface area (Å²) in [6.45, 7) is 0. The number of carboxylic acid groups (broad SMARTS) is 2. The van der Waals surface area contributed by atoms with Gasteiger partial charge in [-0.3, -0.25) is 9.59 Å². The average molecular weight is 453 g/mol. The Kier molecular flexibility index (Phi) is 8.20. The van der Waals surface area contributed by atoms with Crippen molar-refractivity contribution in [1.29, 1.82) is 0 Å². The summed E-state index contributed by atoms with van der Waals surface area (Å²) in [5, 5.41) is 23.8. The molecule has 2 aromatic carbocycles. The van der Waals surface area contributed by atoms with Gasteiger partial charge in [-0.2, -0.15) is 0 Å². The summed E-state index contributed by atoms with van der Waals surface area (Å²) in [7, 11) is 0. The fraction of sp³-hybridized carbons (Fsp3) is 0.200. The minimum absolute atomic E-state index is 0.0796. The Hall–Kier alpha value is -3.10. The number of nitrogens with one attached hydrogen (secondary N) is 2. The van der Waals surface area contributed by atoms with Crippen LogP contribution in [0.3, 0.4) is 0 Å². The molecule has 30 heavy (non-hydrogen) atoms. The molecule has 8 nitrogen and oxygen atoms in total. The van der Waals surface area contributed by atoms with E-state index in [1.807, 2.05) is 0 Å². The molecule has 2 aromatic rings. The number of amides is 2. The molecular formula is C20H18Cl2N2O6. The molecule has 0 saturated carbocycles. The third kappa shape index (κ3) is 6.75. The topological polar surface area (TPSA) is 133 Å². The third-order valence-electron chi connectivity index (χ3n) is 4.03.